The fourth-order valence-electron chi connectivity index (χ4n) is 12.7. The van der Waals surface area contributed by atoms with E-state index in [4.69, 9.17) is 0 Å². The van der Waals surface area contributed by atoms with Gasteiger partial charge in [0, 0.05) is 33.0 Å². The van der Waals surface area contributed by atoms with E-state index in [1.54, 1.807) is 0 Å². The first-order chi connectivity index (χ1) is 32.6. The van der Waals surface area contributed by atoms with Crippen LogP contribution in [0.5, 0.6) is 0 Å². The molecule has 0 amide bonds. The molecule has 1 aromatic heterocycles. The third-order valence-electron chi connectivity index (χ3n) is 17.7. The maximum absolute atomic E-state index is 2.74. The van der Waals surface area contributed by atoms with Crippen LogP contribution < -0.4 is 26.2 Å². The topological polar surface area (TPSA) is 6.48 Å². The molecule has 0 radical (unpaired) electrons. The fourth-order valence-corrected chi connectivity index (χ4v) is 14.0. The van der Waals surface area contributed by atoms with Gasteiger partial charge in [-0.1, -0.05) is 172 Å². The Morgan fingerprint density at radius 1 is 0.443 bits per heavy atom. The molecule has 0 fully saturated rings. The zero-order chi connectivity index (χ0) is 50.0. The van der Waals surface area contributed by atoms with Gasteiger partial charge in [-0.3, -0.25) is 0 Å². The summed E-state index contributed by atoms with van der Waals surface area (Å²) in [7, 11) is 0. The van der Waals surface area contributed by atoms with E-state index in [1.807, 2.05) is 11.3 Å². The van der Waals surface area contributed by atoms with Crippen LogP contribution in [0.4, 0.5) is 33.4 Å². The van der Waals surface area contributed by atoms with Gasteiger partial charge >= 0.3 is 0 Å². The minimum atomic E-state index is -0.119. The van der Waals surface area contributed by atoms with Crippen molar-refractivity contribution >= 4 is 78.0 Å². The Bertz CT molecular complexity index is 3270. The Kier molecular flexibility index (Phi) is 10.3. The maximum atomic E-state index is 2.74. The van der Waals surface area contributed by atoms with Gasteiger partial charge in [0.05, 0.1) is 10.7 Å². The summed E-state index contributed by atoms with van der Waals surface area (Å²) in [5, 5.41) is 2.79. The van der Waals surface area contributed by atoms with E-state index in [1.165, 1.54) is 136 Å². The molecule has 0 atom stereocenters. The smallest absolute Gasteiger partial charge is 0.254 e. The molecule has 4 heteroatoms. The summed E-state index contributed by atoms with van der Waals surface area (Å²) >= 11 is 2.03. The van der Waals surface area contributed by atoms with Gasteiger partial charge < -0.3 is 9.80 Å². The Morgan fingerprint density at radius 3 is 1.50 bits per heavy atom. The van der Waals surface area contributed by atoms with E-state index >= 15 is 0 Å². The highest BCUT2D eigenvalue weighted by molar-refractivity contribution is 7.26. The van der Waals surface area contributed by atoms with E-state index in [0.29, 0.717) is 0 Å². The number of fused-ring (bicyclic) bond motifs is 8. The first kappa shape index (κ1) is 47.3. The normalized spacial score (nSPS) is 18.5. The molecule has 360 valence electrons. The maximum Gasteiger partial charge on any atom is 0.254 e. The number of benzene rings is 6. The molecule has 0 saturated carbocycles. The standard InChI is InChI=1S/C66H77BN2S/c1-60(2,3)41-23-26-44(27-24-41)68-54-34-43(62(7,8)9)35-55-58(54)67(57-46-36-47-50(39-56(46)70-59(57)68)66(16,17)32-29-63(47,10)11)51-37-48-49(65(14,15)31-30-64(48,12)13)38-53(51)69(55)52-28-25-42(61(4,5)6)33-45(52)40-21-19-18-20-22-40/h18-28,33-39H,29-32H2,1-17H3. The Labute approximate surface area is 426 Å². The van der Waals surface area contributed by atoms with Crippen LogP contribution >= 0.6 is 11.3 Å². The van der Waals surface area contributed by atoms with Crippen molar-refractivity contribution in [2.75, 3.05) is 9.80 Å². The zero-order valence-electron chi connectivity index (χ0n) is 45.6. The molecule has 2 aliphatic heterocycles. The number of thiophene rings is 1. The van der Waals surface area contributed by atoms with Gasteiger partial charge in [-0.25, -0.2) is 0 Å². The molecular weight excluding hydrogens is 864 g/mol. The highest BCUT2D eigenvalue weighted by Gasteiger charge is 2.49. The summed E-state index contributed by atoms with van der Waals surface area (Å²) in [5.74, 6) is 0. The quantitative estimate of drug-likeness (QED) is 0.163. The van der Waals surface area contributed by atoms with Crippen LogP contribution in [-0.2, 0) is 37.9 Å². The van der Waals surface area contributed by atoms with Crippen molar-refractivity contribution in [1.29, 1.82) is 0 Å². The van der Waals surface area contributed by atoms with E-state index in [9.17, 15) is 0 Å². The minimum Gasteiger partial charge on any atom is -0.311 e. The molecule has 11 rings (SSSR count). The van der Waals surface area contributed by atoms with Crippen molar-refractivity contribution in [3.63, 3.8) is 0 Å². The molecule has 0 spiro atoms. The summed E-state index contributed by atoms with van der Waals surface area (Å²) in [6, 6.07) is 44.1. The van der Waals surface area contributed by atoms with Crippen molar-refractivity contribution < 1.29 is 0 Å². The predicted molar refractivity (Wildman–Crippen MR) is 308 cm³/mol. The Hall–Kier alpha value is -5.06. The summed E-state index contributed by atoms with van der Waals surface area (Å²) in [6.45, 7) is 41.2. The highest BCUT2D eigenvalue weighted by Crippen LogP contribution is 2.55. The zero-order valence-corrected chi connectivity index (χ0v) is 46.4. The van der Waals surface area contributed by atoms with Crippen LogP contribution in [-0.4, -0.2) is 6.71 Å². The molecule has 3 heterocycles. The van der Waals surface area contributed by atoms with Crippen molar-refractivity contribution in [3.05, 3.63) is 148 Å². The molecule has 2 nitrogen and oxygen atoms in total. The molecular formula is C66H77BN2S. The summed E-state index contributed by atoms with van der Waals surface area (Å²) in [6.07, 6.45) is 4.73. The first-order valence-corrected chi connectivity index (χ1v) is 27.3. The van der Waals surface area contributed by atoms with E-state index in [2.05, 4.69) is 237 Å². The van der Waals surface area contributed by atoms with Crippen LogP contribution in [0, 0.1) is 0 Å². The second-order valence-electron chi connectivity index (χ2n) is 27.6. The summed E-state index contributed by atoms with van der Waals surface area (Å²) in [4.78, 5) is 5.43. The van der Waals surface area contributed by atoms with Gasteiger partial charge in [0.25, 0.3) is 6.71 Å². The third-order valence-corrected chi connectivity index (χ3v) is 18.8. The molecule has 2 aliphatic carbocycles. The van der Waals surface area contributed by atoms with E-state index in [-0.39, 0.29) is 44.6 Å². The molecule has 0 N–H and O–H groups in total. The monoisotopic (exact) mass is 941 g/mol. The largest absolute Gasteiger partial charge is 0.311 e. The highest BCUT2D eigenvalue weighted by atomic mass is 32.1. The molecule has 70 heavy (non-hydrogen) atoms. The van der Waals surface area contributed by atoms with E-state index < -0.39 is 0 Å². The van der Waals surface area contributed by atoms with Crippen molar-refractivity contribution in [2.24, 2.45) is 0 Å². The lowest BCUT2D eigenvalue weighted by atomic mass is 9.33. The average Bonchev–Trinajstić information content (AvgIpc) is 3.66. The lowest BCUT2D eigenvalue weighted by Gasteiger charge is -2.47. The molecule has 7 aromatic rings. The van der Waals surface area contributed by atoms with E-state index in [0.717, 1.165) is 0 Å². The molecule has 0 bridgehead atoms. The van der Waals surface area contributed by atoms with Crippen LogP contribution in [0.3, 0.4) is 0 Å². The van der Waals surface area contributed by atoms with Crippen molar-refractivity contribution in [3.8, 4) is 11.1 Å². The summed E-state index contributed by atoms with van der Waals surface area (Å²) < 4.78 is 1.41. The molecule has 4 aliphatic rings. The van der Waals surface area contributed by atoms with Crippen molar-refractivity contribution in [2.45, 2.75) is 181 Å². The first-order valence-electron chi connectivity index (χ1n) is 26.5. The van der Waals surface area contributed by atoms with Crippen molar-refractivity contribution in [1.82, 2.24) is 0 Å². The van der Waals surface area contributed by atoms with Crippen LogP contribution in [0.25, 0.3) is 21.2 Å². The van der Waals surface area contributed by atoms with Gasteiger partial charge in [0.2, 0.25) is 0 Å². The Balaban J connectivity index is 1.33. The number of nitrogens with zero attached hydrogens (tertiary/aromatic N) is 2. The Morgan fingerprint density at radius 2 is 0.943 bits per heavy atom. The minimum absolute atomic E-state index is 0.0185. The van der Waals surface area contributed by atoms with Crippen LogP contribution in [0.2, 0.25) is 0 Å². The third kappa shape index (κ3) is 7.30. The van der Waals surface area contributed by atoms with Crippen LogP contribution in [0.15, 0.2) is 109 Å². The number of rotatable bonds is 3. The second kappa shape index (κ2) is 15.2. The van der Waals surface area contributed by atoms with Gasteiger partial charge in [-0.2, -0.15) is 0 Å². The molecule has 0 unspecified atom stereocenters. The predicted octanol–water partition coefficient (Wildman–Crippen LogP) is 17.2. The van der Waals surface area contributed by atoms with Gasteiger partial charge in [0.15, 0.2) is 0 Å². The van der Waals surface area contributed by atoms with Crippen LogP contribution in [0.1, 0.15) is 182 Å². The summed E-state index contributed by atoms with van der Waals surface area (Å²) in [5.41, 5.74) is 23.5. The lowest BCUT2D eigenvalue weighted by Crippen LogP contribution is -2.61. The SMILES string of the molecule is CC(C)(C)c1ccc(N2c3cc(C(C)(C)C)cc4c3B(c3cc5c(cc3N4c3ccc(C(C)(C)C)cc3-c3ccccc3)C(C)(C)CCC5(C)C)c3c2sc2cc4c(cc32)C(C)(C)CCC4(C)C)cc1. The van der Waals surface area contributed by atoms with Gasteiger partial charge in [-0.15, -0.1) is 11.3 Å². The molecule has 0 saturated heterocycles. The number of hydrogen-bond acceptors (Lipinski definition) is 3. The van der Waals surface area contributed by atoms with Gasteiger partial charge in [-0.05, 0) is 184 Å². The number of anilines is 6. The fraction of sp³-hybridized carbons (Fsp3) is 0.424. The molecule has 6 aromatic carbocycles. The van der Waals surface area contributed by atoms with Gasteiger partial charge in [0.1, 0.15) is 0 Å². The second-order valence-corrected chi connectivity index (χ2v) is 28.7. The lowest BCUT2D eigenvalue weighted by molar-refractivity contribution is 0.332. The number of hydrogen-bond donors (Lipinski definition) is 0. The average molecular weight is 941 g/mol.